The third kappa shape index (κ3) is 9.42. The number of nitrogens with zero attached hydrogens (tertiary/aromatic N) is 5. The average molecular weight is 693 g/mol. The Kier molecular flexibility index (Phi) is 13.8. The molecule has 2 aromatic carbocycles. The van der Waals surface area contributed by atoms with Crippen LogP contribution in [0.5, 0.6) is 5.75 Å². The molecule has 1 aliphatic rings. The summed E-state index contributed by atoms with van der Waals surface area (Å²) in [6, 6.07) is 14.3. The zero-order valence-corrected chi connectivity index (χ0v) is 29.8. The fourth-order valence-corrected chi connectivity index (χ4v) is 6.32. The SMILES string of the molecule is CC[C@@H](O)[C@@H](O)[C@H](O)[C@@H](O)CNC.CC[C@@H]1CN(Cc2cc([C@@H](CC(=O)O)c3ccc4c(nnn4C)c3C)ccc2C)Cc2ncccc2O1. The van der Waals surface area contributed by atoms with Gasteiger partial charge in [0.2, 0.25) is 0 Å². The lowest BCUT2D eigenvalue weighted by Crippen LogP contribution is -2.47. The van der Waals surface area contributed by atoms with Gasteiger partial charge in [-0.2, -0.15) is 0 Å². The van der Waals surface area contributed by atoms with Gasteiger partial charge >= 0.3 is 5.97 Å². The van der Waals surface area contributed by atoms with Gasteiger partial charge < -0.3 is 35.6 Å². The Labute approximate surface area is 293 Å². The molecule has 13 nitrogen and oxygen atoms in total. The Morgan fingerprint density at radius 3 is 2.48 bits per heavy atom. The molecule has 3 heterocycles. The standard InChI is InChI=1S/C29H33N5O3.C8H19NO4/c1-5-22-16-34(17-25-27(37-22)7-6-12-30-25)15-21-13-20(9-8-18(21)2)24(14-28(35)36)23-10-11-26-29(19(23)3)31-32-33(26)4;1-3-5(10)7(12)8(13)6(11)4-9-2/h6-13,22,24H,5,14-17H2,1-4H3,(H,35,36);5-13H,3-4H2,1-2H3/t22-,24-;5-,6+,7-,8-/m11/s1. The van der Waals surface area contributed by atoms with Gasteiger partial charge in [0, 0.05) is 45.3 Å². The second-order valence-electron chi connectivity index (χ2n) is 13.0. The highest BCUT2D eigenvalue weighted by Crippen LogP contribution is 2.35. The molecule has 0 unspecified atom stereocenters. The van der Waals surface area contributed by atoms with Gasteiger partial charge in [-0.05, 0) is 79.8 Å². The van der Waals surface area contributed by atoms with Crippen LogP contribution in [0.3, 0.4) is 0 Å². The molecule has 0 saturated carbocycles. The Hall–Kier alpha value is -3.98. The summed E-state index contributed by atoms with van der Waals surface area (Å²) < 4.78 is 7.98. The number of pyridine rings is 1. The summed E-state index contributed by atoms with van der Waals surface area (Å²) in [5.74, 6) is -0.260. The van der Waals surface area contributed by atoms with Crippen molar-refractivity contribution in [2.75, 3.05) is 20.1 Å². The molecule has 0 fully saturated rings. The van der Waals surface area contributed by atoms with Gasteiger partial charge in [0.05, 0.1) is 29.8 Å². The molecule has 0 amide bonds. The number of hydrogen-bond acceptors (Lipinski definition) is 11. The molecule has 5 rings (SSSR count). The number of benzene rings is 2. The number of carboxylic acid groups (broad SMARTS) is 1. The minimum absolute atomic E-state index is 0.00185. The van der Waals surface area contributed by atoms with Crippen LogP contribution in [0.25, 0.3) is 11.0 Å². The Morgan fingerprint density at radius 2 is 1.80 bits per heavy atom. The molecule has 0 spiro atoms. The molecule has 4 aromatic rings. The van der Waals surface area contributed by atoms with Crippen LogP contribution in [0, 0.1) is 13.8 Å². The van der Waals surface area contributed by atoms with E-state index in [1.807, 2.05) is 44.4 Å². The summed E-state index contributed by atoms with van der Waals surface area (Å²) in [7, 11) is 3.49. The van der Waals surface area contributed by atoms with Gasteiger partial charge in [-0.25, -0.2) is 4.68 Å². The normalized spacial score (nSPS) is 17.8. The van der Waals surface area contributed by atoms with Crippen LogP contribution in [0.15, 0.2) is 48.7 Å². The molecule has 1 aliphatic heterocycles. The van der Waals surface area contributed by atoms with Gasteiger partial charge in [0.25, 0.3) is 0 Å². The summed E-state index contributed by atoms with van der Waals surface area (Å²) in [6.45, 7) is 10.4. The van der Waals surface area contributed by atoms with Crippen molar-refractivity contribution in [3.8, 4) is 5.75 Å². The Bertz CT molecular complexity index is 1720. The van der Waals surface area contributed by atoms with Crippen LogP contribution in [0.1, 0.15) is 72.5 Å². The van der Waals surface area contributed by atoms with Crippen molar-refractivity contribution in [2.24, 2.45) is 7.05 Å². The van der Waals surface area contributed by atoms with E-state index in [0.29, 0.717) is 13.0 Å². The van der Waals surface area contributed by atoms with E-state index in [4.69, 9.17) is 4.74 Å². The van der Waals surface area contributed by atoms with Crippen LogP contribution in [-0.2, 0) is 24.9 Å². The highest BCUT2D eigenvalue weighted by molar-refractivity contribution is 5.80. The fraction of sp³-hybridized carbons (Fsp3) is 0.514. The predicted octanol–water partition coefficient (Wildman–Crippen LogP) is 2.82. The zero-order valence-electron chi connectivity index (χ0n) is 29.8. The van der Waals surface area contributed by atoms with E-state index in [1.54, 1.807) is 18.7 Å². The maximum Gasteiger partial charge on any atom is 0.304 e. The van der Waals surface area contributed by atoms with Gasteiger partial charge in [-0.3, -0.25) is 14.7 Å². The van der Waals surface area contributed by atoms with Crippen molar-refractivity contribution in [2.45, 2.75) is 96.5 Å². The number of aliphatic hydroxyl groups is 4. The number of aromatic nitrogens is 4. The minimum Gasteiger partial charge on any atom is -0.487 e. The van der Waals surface area contributed by atoms with Crippen molar-refractivity contribution < 1.29 is 35.1 Å². The molecule has 272 valence electrons. The first-order valence-corrected chi connectivity index (χ1v) is 17.2. The number of carbonyl (C=O) groups is 1. The smallest absolute Gasteiger partial charge is 0.304 e. The highest BCUT2D eigenvalue weighted by atomic mass is 16.5. The lowest BCUT2D eigenvalue weighted by molar-refractivity contribution is -0.137. The van der Waals surface area contributed by atoms with Crippen LogP contribution in [-0.4, -0.2) is 107 Å². The minimum atomic E-state index is -1.32. The second-order valence-corrected chi connectivity index (χ2v) is 13.0. The number of rotatable bonds is 13. The van der Waals surface area contributed by atoms with Crippen molar-refractivity contribution in [3.63, 3.8) is 0 Å². The van der Waals surface area contributed by atoms with E-state index < -0.39 is 30.4 Å². The summed E-state index contributed by atoms with van der Waals surface area (Å²) in [4.78, 5) is 18.9. The summed E-state index contributed by atoms with van der Waals surface area (Å²) in [5.41, 5.74) is 7.98. The fourth-order valence-electron chi connectivity index (χ4n) is 6.32. The summed E-state index contributed by atoms with van der Waals surface area (Å²) in [6.07, 6.45) is -1.53. The molecule has 0 radical (unpaired) electrons. The number of carboxylic acids is 1. The van der Waals surface area contributed by atoms with Crippen molar-refractivity contribution in [1.82, 2.24) is 30.2 Å². The molecule has 13 heteroatoms. The maximum absolute atomic E-state index is 12.0. The van der Waals surface area contributed by atoms with Crippen molar-refractivity contribution >= 4 is 17.0 Å². The lowest BCUT2D eigenvalue weighted by Gasteiger charge is -2.25. The topological polar surface area (TPSA) is 186 Å². The molecular weight excluding hydrogens is 640 g/mol. The van der Waals surface area contributed by atoms with E-state index in [-0.39, 0.29) is 25.0 Å². The van der Waals surface area contributed by atoms with Gasteiger partial charge in [-0.1, -0.05) is 43.3 Å². The number of aryl methyl sites for hydroxylation is 3. The highest BCUT2D eigenvalue weighted by Gasteiger charge is 2.29. The van der Waals surface area contributed by atoms with Crippen molar-refractivity contribution in [1.29, 1.82) is 0 Å². The van der Waals surface area contributed by atoms with E-state index >= 15 is 0 Å². The quantitative estimate of drug-likeness (QED) is 0.121. The monoisotopic (exact) mass is 692 g/mol. The molecule has 50 heavy (non-hydrogen) atoms. The number of ether oxygens (including phenoxy) is 1. The Morgan fingerprint density at radius 1 is 1.06 bits per heavy atom. The lowest BCUT2D eigenvalue weighted by atomic mass is 9.84. The number of likely N-dealkylation sites (N-methyl/N-ethyl adjacent to an activating group) is 1. The van der Waals surface area contributed by atoms with Crippen LogP contribution < -0.4 is 10.1 Å². The zero-order chi connectivity index (χ0) is 36.5. The third-order valence-corrected chi connectivity index (χ3v) is 9.41. The number of hydrogen-bond donors (Lipinski definition) is 6. The van der Waals surface area contributed by atoms with Crippen LogP contribution >= 0.6 is 0 Å². The molecular formula is C37H52N6O7. The second kappa shape index (κ2) is 17.8. The first kappa shape index (κ1) is 38.8. The predicted molar refractivity (Wildman–Crippen MR) is 190 cm³/mol. The Balaban J connectivity index is 0.000000369. The van der Waals surface area contributed by atoms with E-state index in [2.05, 4.69) is 57.6 Å². The van der Waals surface area contributed by atoms with Crippen LogP contribution in [0.4, 0.5) is 0 Å². The average Bonchev–Trinajstić information content (AvgIpc) is 3.38. The maximum atomic E-state index is 12.0. The number of nitrogens with one attached hydrogen (secondary N) is 1. The first-order valence-electron chi connectivity index (χ1n) is 17.2. The summed E-state index contributed by atoms with van der Waals surface area (Å²) >= 11 is 0. The first-order chi connectivity index (χ1) is 23.9. The largest absolute Gasteiger partial charge is 0.487 e. The molecule has 0 aliphatic carbocycles. The number of aliphatic hydroxyl groups excluding tert-OH is 4. The molecule has 0 bridgehead atoms. The van der Waals surface area contributed by atoms with Gasteiger partial charge in [0.1, 0.15) is 29.6 Å². The molecule has 6 N–H and O–H groups in total. The van der Waals surface area contributed by atoms with E-state index in [9.17, 15) is 30.3 Å². The number of aliphatic carboxylic acids is 1. The van der Waals surface area contributed by atoms with E-state index in [1.165, 1.54) is 11.1 Å². The summed E-state index contributed by atoms with van der Waals surface area (Å²) in [5, 5.41) is 58.0. The van der Waals surface area contributed by atoms with Crippen molar-refractivity contribution in [3.05, 3.63) is 82.2 Å². The van der Waals surface area contributed by atoms with Gasteiger partial charge in [0.15, 0.2) is 0 Å². The molecule has 2 aromatic heterocycles. The van der Waals surface area contributed by atoms with Crippen LogP contribution in [0.2, 0.25) is 0 Å². The van der Waals surface area contributed by atoms with E-state index in [0.717, 1.165) is 58.7 Å². The number of fused-ring (bicyclic) bond motifs is 2. The third-order valence-electron chi connectivity index (χ3n) is 9.41. The molecule has 0 saturated heterocycles. The molecule has 6 atom stereocenters. The van der Waals surface area contributed by atoms with Gasteiger partial charge in [-0.15, -0.1) is 5.10 Å².